The topological polar surface area (TPSA) is 21.3 Å². The van der Waals surface area contributed by atoms with Crippen LogP contribution in [0.4, 0.5) is 4.39 Å². The number of hydrogen-bond acceptors (Lipinski definition) is 2. The molecule has 106 valence electrons. The molecule has 1 N–H and O–H groups in total. The lowest BCUT2D eigenvalue weighted by Gasteiger charge is -2.14. The van der Waals surface area contributed by atoms with E-state index in [9.17, 15) is 4.39 Å². The summed E-state index contributed by atoms with van der Waals surface area (Å²) in [6.07, 6.45) is 0. The van der Waals surface area contributed by atoms with Gasteiger partial charge in [-0.2, -0.15) is 0 Å². The Labute approximate surface area is 135 Å². The Morgan fingerprint density at radius 2 is 1.95 bits per heavy atom. The van der Waals surface area contributed by atoms with Gasteiger partial charge in [-0.1, -0.05) is 29.3 Å². The summed E-state index contributed by atoms with van der Waals surface area (Å²) in [7, 11) is 1.81. The van der Waals surface area contributed by atoms with Crippen LogP contribution in [0, 0.1) is 5.82 Å². The zero-order valence-electron chi connectivity index (χ0n) is 10.5. The number of halogens is 4. The lowest BCUT2D eigenvalue weighted by molar-refractivity contribution is 0.466. The van der Waals surface area contributed by atoms with Crippen molar-refractivity contribution in [1.29, 1.82) is 0 Å². The second-order valence-electron chi connectivity index (χ2n) is 4.05. The molecule has 6 heteroatoms. The van der Waals surface area contributed by atoms with Crippen LogP contribution in [0.2, 0.25) is 10.0 Å². The Morgan fingerprint density at radius 1 is 1.20 bits per heavy atom. The minimum absolute atomic E-state index is 0.0331. The highest BCUT2D eigenvalue weighted by atomic mass is 79.9. The molecule has 0 fully saturated rings. The Bertz CT molecular complexity index is 637. The first-order valence-corrected chi connectivity index (χ1v) is 7.32. The average Bonchev–Trinajstić information content (AvgIpc) is 2.40. The Hall–Kier alpha value is -0.810. The predicted octanol–water partition coefficient (Wildman–Crippen LogP) is 5.41. The maximum Gasteiger partial charge on any atom is 0.145 e. The fourth-order valence-corrected chi connectivity index (χ4v) is 2.64. The Morgan fingerprint density at radius 3 is 2.65 bits per heavy atom. The third-order valence-corrected chi connectivity index (χ3v) is 3.89. The van der Waals surface area contributed by atoms with E-state index in [1.807, 2.05) is 7.05 Å². The molecule has 0 unspecified atom stereocenters. The van der Waals surface area contributed by atoms with E-state index in [2.05, 4.69) is 21.2 Å². The summed E-state index contributed by atoms with van der Waals surface area (Å²) in [5.41, 5.74) is 0.805. The van der Waals surface area contributed by atoms with Crippen molar-refractivity contribution >= 4 is 39.1 Å². The van der Waals surface area contributed by atoms with E-state index < -0.39 is 5.82 Å². The van der Waals surface area contributed by atoms with Crippen molar-refractivity contribution < 1.29 is 9.13 Å². The zero-order chi connectivity index (χ0) is 14.7. The molecular formula is C14H11BrCl2FNO. The van der Waals surface area contributed by atoms with Gasteiger partial charge in [0.25, 0.3) is 0 Å². The number of rotatable bonds is 4. The van der Waals surface area contributed by atoms with Crippen molar-refractivity contribution in [1.82, 2.24) is 5.32 Å². The molecule has 0 atom stereocenters. The summed E-state index contributed by atoms with van der Waals surface area (Å²) >= 11 is 15.1. The first kappa shape index (κ1) is 15.6. The van der Waals surface area contributed by atoms with Gasteiger partial charge in [-0.25, -0.2) is 4.39 Å². The normalized spacial score (nSPS) is 10.7. The van der Waals surface area contributed by atoms with Gasteiger partial charge in [0.1, 0.15) is 17.3 Å². The summed E-state index contributed by atoms with van der Waals surface area (Å²) < 4.78 is 19.8. The van der Waals surface area contributed by atoms with Crippen LogP contribution < -0.4 is 10.1 Å². The van der Waals surface area contributed by atoms with Crippen LogP contribution in [0.3, 0.4) is 0 Å². The summed E-state index contributed by atoms with van der Waals surface area (Å²) in [6.45, 7) is 0.544. The Kier molecular flexibility index (Phi) is 5.27. The quantitative estimate of drug-likeness (QED) is 0.718. The highest BCUT2D eigenvalue weighted by molar-refractivity contribution is 9.10. The van der Waals surface area contributed by atoms with Gasteiger partial charge in [-0.05, 0) is 41.2 Å². The van der Waals surface area contributed by atoms with Crippen LogP contribution in [-0.2, 0) is 6.54 Å². The number of ether oxygens (including phenoxy) is 1. The van der Waals surface area contributed by atoms with Crippen molar-refractivity contribution in [3.63, 3.8) is 0 Å². The minimum atomic E-state index is -0.540. The fourth-order valence-electron chi connectivity index (χ4n) is 1.68. The molecule has 0 spiro atoms. The van der Waals surface area contributed by atoms with Crippen LogP contribution in [0.1, 0.15) is 5.56 Å². The highest BCUT2D eigenvalue weighted by Gasteiger charge is 2.12. The molecule has 0 heterocycles. The van der Waals surface area contributed by atoms with Crippen LogP contribution in [-0.4, -0.2) is 7.05 Å². The maximum absolute atomic E-state index is 13.5. The van der Waals surface area contributed by atoms with Crippen LogP contribution in [0.15, 0.2) is 34.8 Å². The smallest absolute Gasteiger partial charge is 0.145 e. The molecule has 0 aliphatic heterocycles. The molecular weight excluding hydrogens is 368 g/mol. The number of nitrogens with one attached hydrogen (secondary N) is 1. The van der Waals surface area contributed by atoms with Gasteiger partial charge in [0.05, 0.1) is 9.50 Å². The zero-order valence-corrected chi connectivity index (χ0v) is 13.6. The molecule has 0 saturated heterocycles. The molecule has 0 aliphatic rings. The summed E-state index contributed by atoms with van der Waals surface area (Å²) in [6, 6.07) is 8.01. The molecule has 0 bridgehead atoms. The van der Waals surface area contributed by atoms with Crippen molar-refractivity contribution in [2.24, 2.45) is 0 Å². The monoisotopic (exact) mass is 377 g/mol. The van der Waals surface area contributed by atoms with E-state index in [0.717, 1.165) is 5.56 Å². The molecule has 0 aromatic heterocycles. The summed E-state index contributed by atoms with van der Waals surface area (Å²) in [5.74, 6) is 0.364. The van der Waals surface area contributed by atoms with Crippen LogP contribution in [0.25, 0.3) is 0 Å². The first-order valence-electron chi connectivity index (χ1n) is 5.77. The van der Waals surface area contributed by atoms with Crippen molar-refractivity contribution in [2.45, 2.75) is 6.54 Å². The third-order valence-electron chi connectivity index (χ3n) is 2.62. The van der Waals surface area contributed by atoms with Gasteiger partial charge in [-0.3, -0.25) is 0 Å². The number of hydrogen-bond donors (Lipinski definition) is 1. The molecule has 0 amide bonds. The van der Waals surface area contributed by atoms with Gasteiger partial charge in [0, 0.05) is 23.2 Å². The largest absolute Gasteiger partial charge is 0.456 e. The van der Waals surface area contributed by atoms with Gasteiger partial charge in [-0.15, -0.1) is 0 Å². The maximum atomic E-state index is 13.5. The van der Waals surface area contributed by atoms with Gasteiger partial charge in [0.15, 0.2) is 0 Å². The highest BCUT2D eigenvalue weighted by Crippen LogP contribution is 2.36. The Balaban J connectivity index is 2.40. The van der Waals surface area contributed by atoms with Crippen LogP contribution >= 0.6 is 39.1 Å². The molecule has 0 aliphatic carbocycles. The van der Waals surface area contributed by atoms with E-state index in [1.165, 1.54) is 12.1 Å². The molecule has 2 aromatic rings. The van der Waals surface area contributed by atoms with E-state index >= 15 is 0 Å². The van der Waals surface area contributed by atoms with Crippen LogP contribution in [0.5, 0.6) is 11.5 Å². The summed E-state index contributed by atoms with van der Waals surface area (Å²) in [5, 5.41) is 3.63. The van der Waals surface area contributed by atoms with E-state index in [4.69, 9.17) is 27.9 Å². The molecule has 2 nitrogen and oxygen atoms in total. The van der Waals surface area contributed by atoms with Gasteiger partial charge >= 0.3 is 0 Å². The van der Waals surface area contributed by atoms with E-state index in [0.29, 0.717) is 27.5 Å². The minimum Gasteiger partial charge on any atom is -0.456 e. The SMILES string of the molecule is CNCc1c(Cl)cccc1Oc1cc(F)c(Cl)cc1Br. The van der Waals surface area contributed by atoms with Gasteiger partial charge in [0.2, 0.25) is 0 Å². The number of benzene rings is 2. The molecule has 2 rings (SSSR count). The second kappa shape index (κ2) is 6.76. The van der Waals surface area contributed by atoms with Gasteiger partial charge < -0.3 is 10.1 Å². The predicted molar refractivity (Wildman–Crippen MR) is 83.4 cm³/mol. The fraction of sp³-hybridized carbons (Fsp3) is 0.143. The molecule has 0 saturated carbocycles. The van der Waals surface area contributed by atoms with Crippen molar-refractivity contribution in [3.05, 3.63) is 56.2 Å². The van der Waals surface area contributed by atoms with Crippen molar-refractivity contribution in [2.75, 3.05) is 7.05 Å². The molecule has 0 radical (unpaired) electrons. The summed E-state index contributed by atoms with van der Waals surface area (Å²) in [4.78, 5) is 0. The lowest BCUT2D eigenvalue weighted by Crippen LogP contribution is -2.07. The second-order valence-corrected chi connectivity index (χ2v) is 5.71. The molecule has 20 heavy (non-hydrogen) atoms. The van der Waals surface area contributed by atoms with E-state index in [1.54, 1.807) is 18.2 Å². The average molecular weight is 379 g/mol. The molecule has 2 aromatic carbocycles. The van der Waals surface area contributed by atoms with Crippen molar-refractivity contribution in [3.8, 4) is 11.5 Å². The third kappa shape index (κ3) is 3.44. The standard InChI is InChI=1S/C14H11BrCl2FNO/c1-19-7-8-10(16)3-2-4-13(8)20-14-6-12(18)11(17)5-9(14)15/h2-6,19H,7H2,1H3. The first-order chi connectivity index (χ1) is 9.52. The lowest BCUT2D eigenvalue weighted by atomic mass is 10.2. The van der Waals surface area contributed by atoms with E-state index in [-0.39, 0.29) is 5.02 Å².